The molecule has 1 aliphatic rings. The number of hydrogen-bond acceptors (Lipinski definition) is 2. The van der Waals surface area contributed by atoms with Crippen molar-refractivity contribution in [2.45, 2.75) is 6.23 Å². The molecule has 0 aliphatic carbocycles. The smallest absolute Gasteiger partial charge is 0.124 e. The van der Waals surface area contributed by atoms with Gasteiger partial charge in [0.2, 0.25) is 0 Å². The lowest BCUT2D eigenvalue weighted by Crippen LogP contribution is -2.43. The molecule has 1 atom stereocenters. The van der Waals surface area contributed by atoms with Crippen molar-refractivity contribution in [3.05, 3.63) is 0 Å². The summed E-state index contributed by atoms with van der Waals surface area (Å²) in [6.45, 7) is 2.47. The predicted octanol–water partition coefficient (Wildman–Crippen LogP) is -0.491. The van der Waals surface area contributed by atoms with Crippen molar-refractivity contribution < 1.29 is 4.74 Å². The van der Waals surface area contributed by atoms with E-state index in [4.69, 9.17) is 4.74 Å². The molecule has 0 saturated carbocycles. The summed E-state index contributed by atoms with van der Waals surface area (Å²) in [4.78, 5) is 2.04. The van der Waals surface area contributed by atoms with Crippen molar-refractivity contribution in [3.63, 3.8) is 0 Å². The lowest BCUT2D eigenvalue weighted by Gasteiger charge is -2.27. The Morgan fingerprint density at radius 2 is 2.33 bits per heavy atom. The quantitative estimate of drug-likeness (QED) is 0.477. The van der Waals surface area contributed by atoms with Gasteiger partial charge in [-0.1, -0.05) is 0 Å². The van der Waals surface area contributed by atoms with Crippen molar-refractivity contribution in [1.82, 2.24) is 10.2 Å². The van der Waals surface area contributed by atoms with E-state index in [1.54, 1.807) is 0 Å². The minimum Gasteiger partial charge on any atom is -0.360 e. The van der Waals surface area contributed by atoms with Crippen LogP contribution in [0.3, 0.4) is 0 Å². The minimum atomic E-state index is 0.221. The van der Waals surface area contributed by atoms with Crippen LogP contribution in [-0.4, -0.2) is 44.9 Å². The van der Waals surface area contributed by atoms with E-state index in [1.807, 2.05) is 19.0 Å². The van der Waals surface area contributed by atoms with Gasteiger partial charge in [-0.2, -0.15) is 0 Å². The van der Waals surface area contributed by atoms with E-state index in [2.05, 4.69) is 5.32 Å². The Morgan fingerprint density at radius 1 is 1.56 bits per heavy atom. The van der Waals surface area contributed by atoms with Gasteiger partial charge in [0.05, 0.1) is 13.2 Å². The number of morpholine rings is 1. The summed E-state index contributed by atoms with van der Waals surface area (Å²) in [5.41, 5.74) is 0. The van der Waals surface area contributed by atoms with E-state index in [0.717, 1.165) is 19.7 Å². The molecule has 0 aromatic heterocycles. The number of rotatable bonds is 1. The molecule has 0 spiro atoms. The molecule has 9 heavy (non-hydrogen) atoms. The molecule has 0 amide bonds. The average Bonchev–Trinajstić information content (AvgIpc) is 1.90. The van der Waals surface area contributed by atoms with Crippen LogP contribution in [0.1, 0.15) is 0 Å². The second-order valence-corrected chi connectivity index (χ2v) is 2.42. The minimum absolute atomic E-state index is 0.221. The molecule has 0 aromatic rings. The van der Waals surface area contributed by atoms with E-state index < -0.39 is 0 Å². The molecule has 1 radical (unpaired) electrons. The van der Waals surface area contributed by atoms with Crippen LogP contribution in [0.5, 0.6) is 0 Å². The molecule has 0 N–H and O–H groups in total. The maximum Gasteiger partial charge on any atom is 0.124 e. The molecule has 3 heteroatoms. The van der Waals surface area contributed by atoms with E-state index in [1.165, 1.54) is 0 Å². The second-order valence-electron chi connectivity index (χ2n) is 2.42. The van der Waals surface area contributed by atoms with Crippen LogP contribution in [0.4, 0.5) is 0 Å². The highest BCUT2D eigenvalue weighted by atomic mass is 16.5. The first-order valence-electron chi connectivity index (χ1n) is 3.22. The molecular weight excluding hydrogens is 116 g/mol. The average molecular weight is 129 g/mol. The zero-order valence-electron chi connectivity index (χ0n) is 6.00. The molecule has 1 aliphatic heterocycles. The highest BCUT2D eigenvalue weighted by Gasteiger charge is 2.14. The van der Waals surface area contributed by atoms with E-state index in [-0.39, 0.29) is 6.23 Å². The van der Waals surface area contributed by atoms with Gasteiger partial charge >= 0.3 is 0 Å². The van der Waals surface area contributed by atoms with Crippen molar-refractivity contribution in [2.75, 3.05) is 33.8 Å². The zero-order valence-corrected chi connectivity index (χ0v) is 6.00. The van der Waals surface area contributed by atoms with Crippen LogP contribution in [0.15, 0.2) is 0 Å². The van der Waals surface area contributed by atoms with Gasteiger partial charge in [0.1, 0.15) is 6.23 Å². The summed E-state index contributed by atoms with van der Waals surface area (Å²) in [6.07, 6.45) is 0.221. The van der Waals surface area contributed by atoms with Crippen molar-refractivity contribution in [3.8, 4) is 0 Å². The molecule has 1 saturated heterocycles. The fraction of sp³-hybridized carbons (Fsp3) is 1.00. The molecule has 1 fully saturated rings. The molecule has 53 valence electrons. The number of likely N-dealkylation sites (N-methyl/N-ethyl adjacent to an activating group) is 1. The summed E-state index contributed by atoms with van der Waals surface area (Å²) in [5.74, 6) is 0. The van der Waals surface area contributed by atoms with Crippen molar-refractivity contribution >= 4 is 0 Å². The van der Waals surface area contributed by atoms with Gasteiger partial charge in [-0.05, 0) is 14.1 Å². The predicted molar refractivity (Wildman–Crippen MR) is 35.3 cm³/mol. The fourth-order valence-electron chi connectivity index (χ4n) is 0.820. The summed E-state index contributed by atoms with van der Waals surface area (Å²) < 4.78 is 5.37. The third kappa shape index (κ3) is 1.93. The standard InChI is InChI=1S/C6H13N2O/c1-8(2)6-5-7-3-4-9-6/h6H,3-5H2,1-2H3. The summed E-state index contributed by atoms with van der Waals surface area (Å²) in [6, 6.07) is 0. The number of ether oxygens (including phenoxy) is 1. The van der Waals surface area contributed by atoms with Crippen LogP contribution < -0.4 is 5.32 Å². The van der Waals surface area contributed by atoms with Gasteiger partial charge in [0.25, 0.3) is 0 Å². The van der Waals surface area contributed by atoms with E-state index in [9.17, 15) is 0 Å². The maximum absolute atomic E-state index is 5.37. The highest BCUT2D eigenvalue weighted by molar-refractivity contribution is 4.62. The number of hydrogen-bond donors (Lipinski definition) is 0. The Labute approximate surface area is 56.0 Å². The first-order chi connectivity index (χ1) is 4.30. The molecule has 1 heterocycles. The van der Waals surface area contributed by atoms with Gasteiger partial charge in [-0.25, -0.2) is 5.32 Å². The third-order valence-corrected chi connectivity index (χ3v) is 1.42. The van der Waals surface area contributed by atoms with Gasteiger partial charge in [0, 0.05) is 6.54 Å². The first kappa shape index (κ1) is 6.99. The molecule has 0 bridgehead atoms. The van der Waals surface area contributed by atoms with E-state index in [0.29, 0.717) is 0 Å². The van der Waals surface area contributed by atoms with E-state index >= 15 is 0 Å². The Kier molecular flexibility index (Phi) is 2.45. The molecule has 1 rings (SSSR count). The second kappa shape index (κ2) is 3.15. The first-order valence-corrected chi connectivity index (χ1v) is 3.22. The van der Waals surface area contributed by atoms with Crippen LogP contribution in [0.25, 0.3) is 0 Å². The normalized spacial score (nSPS) is 29.0. The molecule has 1 unspecified atom stereocenters. The molecule has 3 nitrogen and oxygen atoms in total. The van der Waals surface area contributed by atoms with Crippen LogP contribution in [0.2, 0.25) is 0 Å². The van der Waals surface area contributed by atoms with Crippen molar-refractivity contribution in [2.24, 2.45) is 0 Å². The summed E-state index contributed by atoms with van der Waals surface area (Å²) >= 11 is 0. The zero-order chi connectivity index (χ0) is 6.69. The molecule has 0 aromatic carbocycles. The van der Waals surface area contributed by atoms with Crippen LogP contribution in [0, 0.1) is 0 Å². The van der Waals surface area contributed by atoms with Crippen LogP contribution in [-0.2, 0) is 4.74 Å². The maximum atomic E-state index is 5.37. The lowest BCUT2D eigenvalue weighted by molar-refractivity contribution is -0.0545. The Bertz CT molecular complexity index is 79.1. The number of nitrogens with zero attached hydrogens (tertiary/aromatic N) is 2. The fourth-order valence-corrected chi connectivity index (χ4v) is 0.820. The Hall–Kier alpha value is -0.120. The van der Waals surface area contributed by atoms with Gasteiger partial charge in [0.15, 0.2) is 0 Å². The summed E-state index contributed by atoms with van der Waals surface area (Å²) in [5, 5.41) is 4.21. The van der Waals surface area contributed by atoms with Gasteiger partial charge < -0.3 is 4.74 Å². The topological polar surface area (TPSA) is 26.6 Å². The molecular formula is C6H13N2O. The summed E-state index contributed by atoms with van der Waals surface area (Å²) in [7, 11) is 4.01. The monoisotopic (exact) mass is 129 g/mol. The highest BCUT2D eigenvalue weighted by Crippen LogP contribution is 1.98. The SMILES string of the molecule is CN(C)C1C[N]CCO1. The van der Waals surface area contributed by atoms with Gasteiger partial charge in [-0.3, -0.25) is 4.90 Å². The van der Waals surface area contributed by atoms with Gasteiger partial charge in [-0.15, -0.1) is 0 Å². The lowest BCUT2D eigenvalue weighted by atomic mass is 10.4. The Balaban J connectivity index is 2.23. The third-order valence-electron chi connectivity index (χ3n) is 1.42. The largest absolute Gasteiger partial charge is 0.360 e. The Morgan fingerprint density at radius 3 is 2.67 bits per heavy atom. The van der Waals surface area contributed by atoms with Crippen LogP contribution >= 0.6 is 0 Å². The van der Waals surface area contributed by atoms with Crippen molar-refractivity contribution in [1.29, 1.82) is 0 Å².